The lowest BCUT2D eigenvalue weighted by Crippen LogP contribution is -2.05. The quantitative estimate of drug-likeness (QED) is 0.867. The van der Waals surface area contributed by atoms with Crippen molar-refractivity contribution in [3.63, 3.8) is 0 Å². The highest BCUT2D eigenvalue weighted by Crippen LogP contribution is 2.38. The minimum atomic E-state index is 0.456. The molecule has 1 saturated carbocycles. The molecule has 0 atom stereocenters. The second-order valence-corrected chi connectivity index (χ2v) is 5.86. The van der Waals surface area contributed by atoms with Crippen LogP contribution in [0, 0.1) is 6.92 Å². The number of aryl methyl sites for hydroxylation is 1. The van der Waals surface area contributed by atoms with Crippen molar-refractivity contribution in [1.82, 2.24) is 14.8 Å². The molecule has 19 heavy (non-hydrogen) atoms. The van der Waals surface area contributed by atoms with Gasteiger partial charge in [0.05, 0.1) is 0 Å². The zero-order valence-corrected chi connectivity index (χ0v) is 12.6. The normalized spacial score (nSPS) is 14.7. The zero-order valence-electron chi connectivity index (χ0n) is 11.1. The standard InChI is InChI=1S/C14H16BrN3O/c1-9-7-11(5-6-12(9)15)19-8-13-16-17-14(18(13)2)10-3-4-10/h5-7,10H,3-4,8H2,1-2H3. The molecule has 1 fully saturated rings. The Morgan fingerprint density at radius 1 is 1.37 bits per heavy atom. The van der Waals surface area contributed by atoms with Crippen molar-refractivity contribution in [1.29, 1.82) is 0 Å². The van der Waals surface area contributed by atoms with Crippen LogP contribution >= 0.6 is 15.9 Å². The van der Waals surface area contributed by atoms with Crippen LogP contribution < -0.4 is 4.74 Å². The lowest BCUT2D eigenvalue weighted by atomic mass is 10.2. The van der Waals surface area contributed by atoms with E-state index in [4.69, 9.17) is 4.74 Å². The maximum Gasteiger partial charge on any atom is 0.170 e. The highest BCUT2D eigenvalue weighted by molar-refractivity contribution is 9.10. The van der Waals surface area contributed by atoms with Crippen LogP contribution in [0.2, 0.25) is 0 Å². The average Bonchev–Trinajstić information content (AvgIpc) is 3.16. The summed E-state index contributed by atoms with van der Waals surface area (Å²) in [6, 6.07) is 5.97. The Morgan fingerprint density at radius 3 is 2.84 bits per heavy atom. The largest absolute Gasteiger partial charge is 0.486 e. The van der Waals surface area contributed by atoms with Crippen LogP contribution in [0.3, 0.4) is 0 Å². The summed E-state index contributed by atoms with van der Waals surface area (Å²) in [5.41, 5.74) is 1.16. The van der Waals surface area contributed by atoms with E-state index in [1.165, 1.54) is 12.8 Å². The zero-order chi connectivity index (χ0) is 13.4. The fourth-order valence-corrected chi connectivity index (χ4v) is 2.30. The Labute approximate surface area is 120 Å². The monoisotopic (exact) mass is 321 g/mol. The molecule has 0 radical (unpaired) electrons. The lowest BCUT2D eigenvalue weighted by molar-refractivity contribution is 0.290. The van der Waals surface area contributed by atoms with E-state index in [-0.39, 0.29) is 0 Å². The van der Waals surface area contributed by atoms with Gasteiger partial charge < -0.3 is 9.30 Å². The highest BCUT2D eigenvalue weighted by atomic mass is 79.9. The molecular formula is C14H16BrN3O. The Kier molecular flexibility index (Phi) is 3.31. The fraction of sp³-hybridized carbons (Fsp3) is 0.429. The molecule has 0 unspecified atom stereocenters. The molecule has 0 bridgehead atoms. The molecule has 1 aromatic heterocycles. The third kappa shape index (κ3) is 2.66. The van der Waals surface area contributed by atoms with Gasteiger partial charge in [-0.15, -0.1) is 10.2 Å². The third-order valence-corrected chi connectivity index (χ3v) is 4.33. The van der Waals surface area contributed by atoms with Gasteiger partial charge in [0.1, 0.15) is 18.2 Å². The molecule has 0 aliphatic heterocycles. The first kappa shape index (κ1) is 12.7. The van der Waals surface area contributed by atoms with Crippen molar-refractivity contribution < 1.29 is 4.74 Å². The van der Waals surface area contributed by atoms with Gasteiger partial charge in [-0.3, -0.25) is 0 Å². The molecule has 1 heterocycles. The molecule has 1 aliphatic carbocycles. The smallest absolute Gasteiger partial charge is 0.170 e. The first-order valence-electron chi connectivity index (χ1n) is 6.42. The minimum Gasteiger partial charge on any atom is -0.486 e. The Hall–Kier alpha value is -1.36. The van der Waals surface area contributed by atoms with Gasteiger partial charge in [-0.25, -0.2) is 0 Å². The number of nitrogens with zero attached hydrogens (tertiary/aromatic N) is 3. The van der Waals surface area contributed by atoms with Gasteiger partial charge in [0.15, 0.2) is 5.82 Å². The number of aromatic nitrogens is 3. The molecule has 4 nitrogen and oxygen atoms in total. The maximum atomic E-state index is 5.78. The van der Waals surface area contributed by atoms with Crippen molar-refractivity contribution in [2.45, 2.75) is 32.3 Å². The second-order valence-electron chi connectivity index (χ2n) is 5.01. The average molecular weight is 322 g/mol. The molecule has 3 rings (SSSR count). The van der Waals surface area contributed by atoms with Crippen molar-refractivity contribution >= 4 is 15.9 Å². The van der Waals surface area contributed by atoms with Gasteiger partial charge in [-0.2, -0.15) is 0 Å². The predicted molar refractivity (Wildman–Crippen MR) is 76.2 cm³/mol. The Balaban J connectivity index is 1.70. The van der Waals surface area contributed by atoms with Crippen LogP contribution in [-0.4, -0.2) is 14.8 Å². The van der Waals surface area contributed by atoms with E-state index in [9.17, 15) is 0 Å². The number of hydrogen-bond donors (Lipinski definition) is 0. The maximum absolute atomic E-state index is 5.78. The van der Waals surface area contributed by atoms with Gasteiger partial charge in [0, 0.05) is 17.4 Å². The summed E-state index contributed by atoms with van der Waals surface area (Å²) in [6.07, 6.45) is 2.47. The summed E-state index contributed by atoms with van der Waals surface area (Å²) in [6.45, 7) is 2.50. The number of hydrogen-bond acceptors (Lipinski definition) is 3. The minimum absolute atomic E-state index is 0.456. The van der Waals surface area contributed by atoms with Gasteiger partial charge in [0.2, 0.25) is 0 Å². The molecule has 2 aromatic rings. The molecule has 0 N–H and O–H groups in total. The summed E-state index contributed by atoms with van der Waals surface area (Å²) < 4.78 is 8.93. The Morgan fingerprint density at radius 2 is 2.16 bits per heavy atom. The van der Waals surface area contributed by atoms with Crippen LogP contribution in [0.4, 0.5) is 0 Å². The van der Waals surface area contributed by atoms with Gasteiger partial charge in [0.25, 0.3) is 0 Å². The molecule has 1 aromatic carbocycles. The van der Waals surface area contributed by atoms with E-state index >= 15 is 0 Å². The molecule has 1 aliphatic rings. The van der Waals surface area contributed by atoms with Crippen LogP contribution in [0.25, 0.3) is 0 Å². The van der Waals surface area contributed by atoms with Crippen LogP contribution in [0.5, 0.6) is 5.75 Å². The summed E-state index contributed by atoms with van der Waals surface area (Å²) in [4.78, 5) is 0. The summed E-state index contributed by atoms with van der Waals surface area (Å²) in [5, 5.41) is 8.46. The van der Waals surface area contributed by atoms with Crippen LogP contribution in [0.1, 0.15) is 36.0 Å². The Bertz CT molecular complexity index is 605. The molecule has 0 amide bonds. The molecule has 0 saturated heterocycles. The van der Waals surface area contributed by atoms with Gasteiger partial charge >= 0.3 is 0 Å². The van der Waals surface area contributed by atoms with E-state index in [0.29, 0.717) is 12.5 Å². The van der Waals surface area contributed by atoms with E-state index in [2.05, 4.69) is 30.7 Å². The van der Waals surface area contributed by atoms with Gasteiger partial charge in [-0.05, 0) is 43.5 Å². The first-order chi connectivity index (χ1) is 9.15. The second kappa shape index (κ2) is 4.96. The van der Waals surface area contributed by atoms with Gasteiger partial charge in [-0.1, -0.05) is 15.9 Å². The van der Waals surface area contributed by atoms with Crippen molar-refractivity contribution in [3.05, 3.63) is 39.9 Å². The SMILES string of the molecule is Cc1cc(OCc2nnc(C3CC3)n2C)ccc1Br. The fourth-order valence-electron chi connectivity index (χ4n) is 2.05. The molecular weight excluding hydrogens is 306 g/mol. The summed E-state index contributed by atoms with van der Waals surface area (Å²) >= 11 is 3.48. The van der Waals surface area contributed by atoms with E-state index in [0.717, 1.165) is 27.4 Å². The number of benzene rings is 1. The van der Waals surface area contributed by atoms with E-state index in [1.807, 2.05) is 32.2 Å². The molecule has 100 valence electrons. The topological polar surface area (TPSA) is 39.9 Å². The van der Waals surface area contributed by atoms with Crippen molar-refractivity contribution in [2.24, 2.45) is 7.05 Å². The number of rotatable bonds is 4. The van der Waals surface area contributed by atoms with E-state index < -0.39 is 0 Å². The molecule has 0 spiro atoms. The van der Waals surface area contributed by atoms with Crippen LogP contribution in [0.15, 0.2) is 22.7 Å². The van der Waals surface area contributed by atoms with Crippen molar-refractivity contribution in [3.8, 4) is 5.75 Å². The number of halogens is 1. The summed E-state index contributed by atoms with van der Waals surface area (Å²) in [5.74, 6) is 3.44. The number of ether oxygens (including phenoxy) is 1. The highest BCUT2D eigenvalue weighted by Gasteiger charge is 2.29. The lowest BCUT2D eigenvalue weighted by Gasteiger charge is -2.08. The molecule has 5 heteroatoms. The summed E-state index contributed by atoms with van der Waals surface area (Å²) in [7, 11) is 2.01. The van der Waals surface area contributed by atoms with Crippen molar-refractivity contribution in [2.75, 3.05) is 0 Å². The predicted octanol–water partition coefficient (Wildman–Crippen LogP) is 3.34. The van der Waals surface area contributed by atoms with E-state index in [1.54, 1.807) is 0 Å². The third-order valence-electron chi connectivity index (χ3n) is 3.44. The first-order valence-corrected chi connectivity index (χ1v) is 7.21. The van der Waals surface area contributed by atoms with Crippen LogP contribution in [-0.2, 0) is 13.7 Å².